The largest absolute Gasteiger partial charge is 0.368 e. The van der Waals surface area contributed by atoms with Gasteiger partial charge in [0.1, 0.15) is 6.04 Å². The SMILES string of the molecule is CCNC(C(N)=O)c1ccc(Br)c2cccnc12. The van der Waals surface area contributed by atoms with E-state index in [1.54, 1.807) is 6.20 Å². The number of likely N-dealkylation sites (N-methyl/N-ethyl adjacent to an activating group) is 1. The van der Waals surface area contributed by atoms with Crippen LogP contribution in [0.25, 0.3) is 10.9 Å². The van der Waals surface area contributed by atoms with Gasteiger partial charge < -0.3 is 11.1 Å². The molecule has 0 radical (unpaired) electrons. The van der Waals surface area contributed by atoms with E-state index >= 15 is 0 Å². The lowest BCUT2D eigenvalue weighted by molar-refractivity contribution is -0.120. The Balaban J connectivity index is 2.63. The Bertz CT molecular complexity index is 585. The first-order valence-electron chi connectivity index (χ1n) is 5.71. The number of hydrogen-bond donors (Lipinski definition) is 2. The number of nitrogens with one attached hydrogen (secondary N) is 1. The summed E-state index contributed by atoms with van der Waals surface area (Å²) in [5.41, 5.74) is 7.04. The Morgan fingerprint density at radius 1 is 1.50 bits per heavy atom. The lowest BCUT2D eigenvalue weighted by Gasteiger charge is -2.16. The molecule has 1 atom stereocenters. The van der Waals surface area contributed by atoms with Gasteiger partial charge >= 0.3 is 0 Å². The normalized spacial score (nSPS) is 12.6. The predicted molar refractivity (Wildman–Crippen MR) is 75.1 cm³/mol. The fraction of sp³-hybridized carbons (Fsp3) is 0.231. The minimum absolute atomic E-state index is 0.397. The van der Waals surface area contributed by atoms with E-state index in [0.717, 1.165) is 20.9 Å². The first-order valence-corrected chi connectivity index (χ1v) is 6.50. The van der Waals surface area contributed by atoms with Crippen molar-refractivity contribution in [2.24, 2.45) is 5.73 Å². The number of amides is 1. The number of nitrogens with two attached hydrogens (primary N) is 1. The van der Waals surface area contributed by atoms with E-state index in [-0.39, 0.29) is 0 Å². The van der Waals surface area contributed by atoms with Gasteiger partial charge in [-0.2, -0.15) is 0 Å². The highest BCUT2D eigenvalue weighted by atomic mass is 79.9. The summed E-state index contributed by atoms with van der Waals surface area (Å²) in [6.45, 7) is 2.60. The van der Waals surface area contributed by atoms with Gasteiger partial charge in [0.25, 0.3) is 0 Å². The Labute approximate surface area is 114 Å². The number of carbonyl (C=O) groups excluding carboxylic acids is 1. The molecule has 0 fully saturated rings. The number of fused-ring (bicyclic) bond motifs is 1. The highest BCUT2D eigenvalue weighted by molar-refractivity contribution is 9.10. The van der Waals surface area contributed by atoms with Crippen molar-refractivity contribution < 1.29 is 4.79 Å². The van der Waals surface area contributed by atoms with Crippen molar-refractivity contribution in [2.45, 2.75) is 13.0 Å². The summed E-state index contributed by atoms with van der Waals surface area (Å²) in [5.74, 6) is -0.397. The Kier molecular flexibility index (Phi) is 3.93. The fourth-order valence-electron chi connectivity index (χ4n) is 1.96. The van der Waals surface area contributed by atoms with Gasteiger partial charge in [-0.25, -0.2) is 0 Å². The summed E-state index contributed by atoms with van der Waals surface area (Å²) in [4.78, 5) is 15.9. The highest BCUT2D eigenvalue weighted by Gasteiger charge is 2.20. The van der Waals surface area contributed by atoms with Crippen molar-refractivity contribution >= 4 is 32.7 Å². The van der Waals surface area contributed by atoms with E-state index in [1.165, 1.54) is 0 Å². The van der Waals surface area contributed by atoms with Crippen molar-refractivity contribution in [1.82, 2.24) is 10.3 Å². The van der Waals surface area contributed by atoms with E-state index in [9.17, 15) is 4.79 Å². The molecule has 1 heterocycles. The van der Waals surface area contributed by atoms with Gasteiger partial charge in [-0.3, -0.25) is 9.78 Å². The maximum atomic E-state index is 11.5. The second-order valence-corrected chi connectivity index (χ2v) is 4.78. The van der Waals surface area contributed by atoms with Crippen molar-refractivity contribution in [3.05, 3.63) is 40.5 Å². The minimum Gasteiger partial charge on any atom is -0.368 e. The summed E-state index contributed by atoms with van der Waals surface area (Å²) < 4.78 is 0.953. The number of hydrogen-bond acceptors (Lipinski definition) is 3. The van der Waals surface area contributed by atoms with Crippen LogP contribution in [0.4, 0.5) is 0 Å². The van der Waals surface area contributed by atoms with E-state index in [2.05, 4.69) is 26.2 Å². The third-order valence-electron chi connectivity index (χ3n) is 2.75. The van der Waals surface area contributed by atoms with Gasteiger partial charge in [-0.05, 0) is 18.7 Å². The number of benzene rings is 1. The highest BCUT2D eigenvalue weighted by Crippen LogP contribution is 2.28. The Morgan fingerprint density at radius 2 is 2.28 bits per heavy atom. The van der Waals surface area contributed by atoms with Crippen molar-refractivity contribution in [3.63, 3.8) is 0 Å². The number of rotatable bonds is 4. The second kappa shape index (κ2) is 5.46. The molecule has 1 amide bonds. The molecule has 0 saturated carbocycles. The lowest BCUT2D eigenvalue weighted by atomic mass is 10.0. The van der Waals surface area contributed by atoms with E-state index in [4.69, 9.17) is 5.73 Å². The fourth-order valence-corrected chi connectivity index (χ4v) is 2.41. The van der Waals surface area contributed by atoms with Crippen LogP contribution in [0.3, 0.4) is 0 Å². The van der Waals surface area contributed by atoms with Gasteiger partial charge in [0.15, 0.2) is 0 Å². The van der Waals surface area contributed by atoms with Crippen LogP contribution in [0.5, 0.6) is 0 Å². The van der Waals surface area contributed by atoms with Crippen molar-refractivity contribution in [3.8, 4) is 0 Å². The molecule has 4 nitrogen and oxygen atoms in total. The molecule has 5 heteroatoms. The third-order valence-corrected chi connectivity index (χ3v) is 3.44. The quantitative estimate of drug-likeness (QED) is 0.909. The smallest absolute Gasteiger partial charge is 0.239 e. The van der Waals surface area contributed by atoms with E-state index in [0.29, 0.717) is 6.54 Å². The second-order valence-electron chi connectivity index (χ2n) is 3.93. The number of pyridine rings is 1. The van der Waals surface area contributed by atoms with Crippen LogP contribution in [0, 0.1) is 0 Å². The molecule has 1 aromatic carbocycles. The van der Waals surface area contributed by atoms with Crippen molar-refractivity contribution in [1.29, 1.82) is 0 Å². The molecule has 0 aliphatic rings. The van der Waals surface area contributed by atoms with Gasteiger partial charge in [-0.1, -0.05) is 35.0 Å². The maximum Gasteiger partial charge on any atom is 0.239 e. The topological polar surface area (TPSA) is 68.0 Å². The van der Waals surface area contributed by atoms with E-state index < -0.39 is 11.9 Å². The average molecular weight is 308 g/mol. The molecular formula is C13H14BrN3O. The zero-order valence-electron chi connectivity index (χ0n) is 9.98. The molecular weight excluding hydrogens is 294 g/mol. The number of nitrogens with zero attached hydrogens (tertiary/aromatic N) is 1. The molecule has 1 aromatic heterocycles. The minimum atomic E-state index is -0.513. The predicted octanol–water partition coefficient (Wildman–Crippen LogP) is 2.13. The summed E-state index contributed by atoms with van der Waals surface area (Å²) in [7, 11) is 0. The van der Waals surface area contributed by atoms with E-state index in [1.807, 2.05) is 31.2 Å². The van der Waals surface area contributed by atoms with Crippen LogP contribution in [0.2, 0.25) is 0 Å². The molecule has 0 spiro atoms. The molecule has 1 unspecified atom stereocenters. The van der Waals surface area contributed by atoms with Crippen LogP contribution in [0.15, 0.2) is 34.9 Å². The summed E-state index contributed by atoms with van der Waals surface area (Å²) in [6, 6.07) is 7.09. The van der Waals surface area contributed by atoms with Gasteiger partial charge in [0, 0.05) is 21.6 Å². The third kappa shape index (κ3) is 2.37. The van der Waals surface area contributed by atoms with Crippen LogP contribution >= 0.6 is 15.9 Å². The maximum absolute atomic E-state index is 11.5. The number of primary amides is 1. The molecule has 0 aliphatic heterocycles. The monoisotopic (exact) mass is 307 g/mol. The molecule has 2 aromatic rings. The summed E-state index contributed by atoms with van der Waals surface area (Å²) in [5, 5.41) is 4.05. The average Bonchev–Trinajstić information content (AvgIpc) is 2.37. The van der Waals surface area contributed by atoms with Crippen LogP contribution < -0.4 is 11.1 Å². The Morgan fingerprint density at radius 3 is 2.94 bits per heavy atom. The first kappa shape index (κ1) is 13.0. The molecule has 94 valence electrons. The van der Waals surface area contributed by atoms with Crippen LogP contribution in [-0.4, -0.2) is 17.4 Å². The molecule has 18 heavy (non-hydrogen) atoms. The number of aromatic nitrogens is 1. The van der Waals surface area contributed by atoms with Gasteiger partial charge in [0.05, 0.1) is 5.52 Å². The molecule has 0 bridgehead atoms. The lowest BCUT2D eigenvalue weighted by Crippen LogP contribution is -2.33. The number of halogens is 1. The molecule has 0 aliphatic carbocycles. The molecule has 2 rings (SSSR count). The first-order chi connectivity index (χ1) is 8.65. The summed E-state index contributed by atoms with van der Waals surface area (Å²) in [6.07, 6.45) is 1.71. The van der Waals surface area contributed by atoms with Crippen LogP contribution in [0.1, 0.15) is 18.5 Å². The Hall–Kier alpha value is -1.46. The van der Waals surface area contributed by atoms with Crippen LogP contribution in [-0.2, 0) is 4.79 Å². The number of carbonyl (C=O) groups is 1. The zero-order chi connectivity index (χ0) is 13.1. The summed E-state index contributed by atoms with van der Waals surface area (Å²) >= 11 is 3.48. The van der Waals surface area contributed by atoms with Gasteiger partial charge in [0.2, 0.25) is 5.91 Å². The van der Waals surface area contributed by atoms with Crippen molar-refractivity contribution in [2.75, 3.05) is 6.54 Å². The molecule has 3 N–H and O–H groups in total. The zero-order valence-corrected chi connectivity index (χ0v) is 11.6. The van der Waals surface area contributed by atoms with Gasteiger partial charge in [-0.15, -0.1) is 0 Å². The standard InChI is InChI=1S/C13H14BrN3O/c1-2-16-12(13(15)18)9-5-6-10(14)8-4-3-7-17-11(8)9/h3-7,12,16H,2H2,1H3,(H2,15,18). The molecule has 0 saturated heterocycles.